The van der Waals surface area contributed by atoms with E-state index in [0.717, 1.165) is 35.9 Å². The third kappa shape index (κ3) is 4.41. The summed E-state index contributed by atoms with van der Waals surface area (Å²) in [5.41, 5.74) is 11.1. The van der Waals surface area contributed by atoms with Gasteiger partial charge in [0, 0.05) is 27.8 Å². The molecule has 0 saturated carbocycles. The van der Waals surface area contributed by atoms with E-state index in [-0.39, 0.29) is 0 Å². The van der Waals surface area contributed by atoms with E-state index in [1.165, 1.54) is 54.9 Å². The number of rotatable bonds is 4. The Morgan fingerprint density at radius 1 is 0.592 bits per heavy atom. The van der Waals surface area contributed by atoms with Gasteiger partial charge in [0.1, 0.15) is 0 Å². The van der Waals surface area contributed by atoms with Crippen molar-refractivity contribution in [1.29, 1.82) is 0 Å². The molecule has 0 amide bonds. The Balaban J connectivity index is 1.36. The van der Waals surface area contributed by atoms with Crippen LogP contribution < -0.4 is 0 Å². The lowest BCUT2D eigenvalue weighted by Gasteiger charge is -2.32. The molecule has 0 spiro atoms. The molecule has 4 nitrogen and oxygen atoms in total. The minimum atomic E-state index is 0.294. The van der Waals surface area contributed by atoms with Crippen LogP contribution in [-0.2, 0) is 6.42 Å². The van der Waals surface area contributed by atoms with Crippen molar-refractivity contribution in [3.05, 3.63) is 168 Å². The Bertz CT molecular complexity index is 2570. The van der Waals surface area contributed by atoms with Gasteiger partial charge < -0.3 is 0 Å². The monoisotopic (exact) mass is 628 g/mol. The summed E-state index contributed by atoms with van der Waals surface area (Å²) in [5.74, 6) is 2.24. The van der Waals surface area contributed by atoms with E-state index in [9.17, 15) is 0 Å². The molecular formula is C45H32N4. The van der Waals surface area contributed by atoms with Crippen molar-refractivity contribution in [1.82, 2.24) is 19.5 Å². The van der Waals surface area contributed by atoms with Crippen molar-refractivity contribution in [2.75, 3.05) is 0 Å². The Labute approximate surface area is 284 Å². The molecule has 4 heteroatoms. The number of fused-ring (bicyclic) bond motifs is 10. The molecule has 0 aliphatic heterocycles. The maximum atomic E-state index is 5.27. The third-order valence-corrected chi connectivity index (χ3v) is 10.3. The van der Waals surface area contributed by atoms with Gasteiger partial charge in [-0.1, -0.05) is 151 Å². The summed E-state index contributed by atoms with van der Waals surface area (Å²) in [5, 5.41) is 5.00. The average molecular weight is 629 g/mol. The van der Waals surface area contributed by atoms with E-state index in [1.807, 2.05) is 36.4 Å². The zero-order valence-corrected chi connectivity index (χ0v) is 26.9. The van der Waals surface area contributed by atoms with Gasteiger partial charge in [0.2, 0.25) is 5.95 Å². The maximum absolute atomic E-state index is 5.27. The molecule has 1 atom stereocenters. The zero-order chi connectivity index (χ0) is 32.3. The highest BCUT2D eigenvalue weighted by molar-refractivity contribution is 6.26. The molecule has 10 rings (SSSR count). The van der Waals surface area contributed by atoms with Gasteiger partial charge in [0.25, 0.3) is 0 Å². The molecule has 2 aromatic heterocycles. The van der Waals surface area contributed by atoms with E-state index in [0.29, 0.717) is 23.5 Å². The standard InChI is InChI=1S/C45H32N4/c1-4-16-29(17-5-1)37-28-38-40(33-23-11-10-22-32(33)37)34-24-12-13-25-35(34)41-36-26-14-15-27-39(36)49(42(38)41)45-47-43(30-18-6-2-7-19-30)46-44(48-45)31-20-8-3-9-21-31/h1-4,6-16,18-27,37H,5,17,28H2. The van der Waals surface area contributed by atoms with Crippen LogP contribution >= 0.6 is 0 Å². The summed E-state index contributed by atoms with van der Waals surface area (Å²) < 4.78 is 2.33. The highest BCUT2D eigenvalue weighted by Crippen LogP contribution is 2.51. The van der Waals surface area contributed by atoms with Gasteiger partial charge >= 0.3 is 0 Å². The van der Waals surface area contributed by atoms with Crippen molar-refractivity contribution in [2.24, 2.45) is 0 Å². The van der Waals surface area contributed by atoms with Crippen LogP contribution in [0.4, 0.5) is 0 Å². The van der Waals surface area contributed by atoms with Gasteiger partial charge in [0.05, 0.1) is 11.0 Å². The summed E-state index contributed by atoms with van der Waals surface area (Å²) in [7, 11) is 0. The summed E-state index contributed by atoms with van der Waals surface area (Å²) in [6, 6.07) is 47.3. The molecule has 0 N–H and O–H groups in total. The topological polar surface area (TPSA) is 43.6 Å². The summed E-state index contributed by atoms with van der Waals surface area (Å²) in [4.78, 5) is 15.6. The normalized spacial score (nSPS) is 15.3. The Morgan fingerprint density at radius 2 is 1.22 bits per heavy atom. The number of nitrogens with zero attached hydrogens (tertiary/aromatic N) is 4. The minimum Gasteiger partial charge on any atom is -0.277 e. The Kier molecular flexibility index (Phi) is 6.41. The molecule has 6 aromatic carbocycles. The lowest BCUT2D eigenvalue weighted by Crippen LogP contribution is -2.16. The number of para-hydroxylation sites is 1. The van der Waals surface area contributed by atoms with Gasteiger partial charge in [-0.05, 0) is 58.4 Å². The van der Waals surface area contributed by atoms with Crippen LogP contribution in [0.3, 0.4) is 0 Å². The molecule has 2 aliphatic rings. The minimum absolute atomic E-state index is 0.294. The molecule has 2 heterocycles. The van der Waals surface area contributed by atoms with Gasteiger partial charge in [-0.15, -0.1) is 0 Å². The van der Waals surface area contributed by atoms with Crippen LogP contribution in [0.15, 0.2) is 157 Å². The molecule has 232 valence electrons. The first-order chi connectivity index (χ1) is 24.3. The van der Waals surface area contributed by atoms with E-state index in [2.05, 4.69) is 120 Å². The lowest BCUT2D eigenvalue weighted by atomic mass is 9.72. The van der Waals surface area contributed by atoms with E-state index in [1.54, 1.807) is 0 Å². The number of benzene rings is 6. The van der Waals surface area contributed by atoms with E-state index < -0.39 is 0 Å². The highest BCUT2D eigenvalue weighted by atomic mass is 15.2. The van der Waals surface area contributed by atoms with Gasteiger partial charge in [-0.25, -0.2) is 4.98 Å². The van der Waals surface area contributed by atoms with Crippen molar-refractivity contribution in [3.63, 3.8) is 0 Å². The van der Waals surface area contributed by atoms with Crippen LogP contribution in [-0.4, -0.2) is 19.5 Å². The average Bonchev–Trinajstić information content (AvgIpc) is 3.54. The fourth-order valence-corrected chi connectivity index (χ4v) is 8.19. The Hall–Kier alpha value is -6.13. The molecule has 0 bridgehead atoms. The van der Waals surface area contributed by atoms with Gasteiger partial charge in [0.15, 0.2) is 11.6 Å². The molecule has 8 aromatic rings. The second-order valence-electron chi connectivity index (χ2n) is 13.0. The predicted octanol–water partition coefficient (Wildman–Crippen LogP) is 11.0. The lowest BCUT2D eigenvalue weighted by molar-refractivity contribution is 0.725. The largest absolute Gasteiger partial charge is 0.277 e. The molecule has 49 heavy (non-hydrogen) atoms. The second-order valence-corrected chi connectivity index (χ2v) is 13.0. The van der Waals surface area contributed by atoms with Crippen molar-refractivity contribution in [2.45, 2.75) is 25.2 Å². The summed E-state index contributed by atoms with van der Waals surface area (Å²) >= 11 is 0. The molecule has 0 saturated heterocycles. The molecule has 0 fully saturated rings. The van der Waals surface area contributed by atoms with Crippen molar-refractivity contribution < 1.29 is 0 Å². The smallest absolute Gasteiger partial charge is 0.238 e. The van der Waals surface area contributed by atoms with Crippen LogP contribution in [0.25, 0.3) is 72.4 Å². The third-order valence-electron chi connectivity index (χ3n) is 10.3. The number of hydrogen-bond donors (Lipinski definition) is 0. The van der Waals surface area contributed by atoms with Gasteiger partial charge in [-0.2, -0.15) is 9.97 Å². The Morgan fingerprint density at radius 3 is 1.94 bits per heavy atom. The van der Waals surface area contributed by atoms with Crippen molar-refractivity contribution in [3.8, 4) is 39.9 Å². The van der Waals surface area contributed by atoms with E-state index in [4.69, 9.17) is 15.0 Å². The van der Waals surface area contributed by atoms with Crippen molar-refractivity contribution >= 4 is 32.6 Å². The van der Waals surface area contributed by atoms with E-state index >= 15 is 0 Å². The van der Waals surface area contributed by atoms with Crippen LogP contribution in [0, 0.1) is 0 Å². The first-order valence-corrected chi connectivity index (χ1v) is 17.1. The molecule has 0 radical (unpaired) electrons. The maximum Gasteiger partial charge on any atom is 0.238 e. The SMILES string of the molecule is C1=CCCC(C2Cc3c(c4ccccc4c4c5ccccc5n(-c5nc(-c6ccccc6)nc(-c6ccccc6)n5)c34)-c3ccccc32)=C1. The number of aromatic nitrogens is 4. The van der Waals surface area contributed by atoms with Gasteiger partial charge in [-0.3, -0.25) is 4.57 Å². The quantitative estimate of drug-likeness (QED) is 0.195. The molecule has 2 aliphatic carbocycles. The number of allylic oxidation sites excluding steroid dienone is 4. The van der Waals surface area contributed by atoms with Crippen LogP contribution in [0.5, 0.6) is 0 Å². The highest BCUT2D eigenvalue weighted by Gasteiger charge is 2.33. The number of hydrogen-bond acceptors (Lipinski definition) is 3. The zero-order valence-electron chi connectivity index (χ0n) is 26.9. The predicted molar refractivity (Wildman–Crippen MR) is 201 cm³/mol. The molecule has 1 unspecified atom stereocenters. The first kappa shape index (κ1) is 27.9. The summed E-state index contributed by atoms with van der Waals surface area (Å²) in [6.45, 7) is 0. The second kappa shape index (κ2) is 11.2. The molecular weight excluding hydrogens is 597 g/mol. The van der Waals surface area contributed by atoms with Crippen LogP contribution in [0.2, 0.25) is 0 Å². The summed E-state index contributed by atoms with van der Waals surface area (Å²) in [6.07, 6.45) is 9.95. The first-order valence-electron chi connectivity index (χ1n) is 17.1. The fourth-order valence-electron chi connectivity index (χ4n) is 8.19. The van der Waals surface area contributed by atoms with Crippen LogP contribution in [0.1, 0.15) is 29.9 Å². The fraction of sp³-hybridized carbons (Fsp3) is 0.0889.